The van der Waals surface area contributed by atoms with Gasteiger partial charge < -0.3 is 16.2 Å². The molecule has 0 aromatic heterocycles. The summed E-state index contributed by atoms with van der Waals surface area (Å²) >= 11 is 5.69. The summed E-state index contributed by atoms with van der Waals surface area (Å²) < 4.78 is 13.0. The summed E-state index contributed by atoms with van der Waals surface area (Å²) in [5.74, 6) is -1.54. The van der Waals surface area contributed by atoms with Crippen LogP contribution in [0.5, 0.6) is 0 Å². The Morgan fingerprint density at radius 1 is 1.30 bits per heavy atom. The number of rotatable bonds is 4. The zero-order chi connectivity index (χ0) is 14.7. The van der Waals surface area contributed by atoms with E-state index in [1.807, 2.05) is 0 Å². The summed E-state index contributed by atoms with van der Waals surface area (Å²) in [5, 5.41) is 12.0. The average molecular weight is 295 g/mol. The van der Waals surface area contributed by atoms with Crippen molar-refractivity contribution >= 4 is 28.9 Å². The fourth-order valence-electron chi connectivity index (χ4n) is 1.72. The van der Waals surface area contributed by atoms with Gasteiger partial charge in [-0.25, -0.2) is 9.18 Å². The Morgan fingerprint density at radius 3 is 2.65 bits per heavy atom. The smallest absolute Gasteiger partial charge is 0.337 e. The van der Waals surface area contributed by atoms with Gasteiger partial charge in [-0.15, -0.1) is 0 Å². The molecule has 0 radical (unpaired) electrons. The standard InChI is InChI=1S/C14H12ClFN2O2/c15-11-5-8(1-4-12(11)16)7-18-9-2-3-10(14(19)20)13(17)6-9/h1-6,18H,7,17H2,(H,19,20). The van der Waals surface area contributed by atoms with Gasteiger partial charge in [0.05, 0.1) is 10.6 Å². The number of nitrogen functional groups attached to an aromatic ring is 1. The van der Waals surface area contributed by atoms with Gasteiger partial charge >= 0.3 is 5.97 Å². The molecule has 0 aliphatic rings. The minimum atomic E-state index is -1.07. The maximum atomic E-state index is 13.0. The Labute approximate surface area is 120 Å². The van der Waals surface area contributed by atoms with Crippen molar-refractivity contribution in [3.8, 4) is 0 Å². The highest BCUT2D eigenvalue weighted by Crippen LogP contribution is 2.20. The van der Waals surface area contributed by atoms with Crippen LogP contribution in [0.4, 0.5) is 15.8 Å². The van der Waals surface area contributed by atoms with E-state index < -0.39 is 11.8 Å². The van der Waals surface area contributed by atoms with E-state index in [0.717, 1.165) is 5.56 Å². The van der Waals surface area contributed by atoms with Crippen LogP contribution in [0.15, 0.2) is 36.4 Å². The Hall–Kier alpha value is -2.27. The summed E-state index contributed by atoms with van der Waals surface area (Å²) in [5.41, 5.74) is 7.36. The number of carboxylic acid groups (broad SMARTS) is 1. The van der Waals surface area contributed by atoms with Gasteiger partial charge in [-0.1, -0.05) is 17.7 Å². The van der Waals surface area contributed by atoms with E-state index in [-0.39, 0.29) is 16.3 Å². The predicted octanol–water partition coefficient (Wildman–Crippen LogP) is 3.37. The lowest BCUT2D eigenvalue weighted by Crippen LogP contribution is -2.05. The van der Waals surface area contributed by atoms with E-state index >= 15 is 0 Å². The largest absolute Gasteiger partial charge is 0.478 e. The second-order valence-corrected chi connectivity index (χ2v) is 4.62. The molecule has 0 unspecified atom stereocenters. The quantitative estimate of drug-likeness (QED) is 0.756. The van der Waals surface area contributed by atoms with Gasteiger partial charge in [0.2, 0.25) is 0 Å². The molecule has 0 aliphatic carbocycles. The number of hydrogen-bond donors (Lipinski definition) is 3. The average Bonchev–Trinajstić information content (AvgIpc) is 2.40. The number of aromatic carboxylic acids is 1. The number of nitrogens with two attached hydrogens (primary N) is 1. The van der Waals surface area contributed by atoms with Crippen LogP contribution in [0.3, 0.4) is 0 Å². The highest BCUT2D eigenvalue weighted by molar-refractivity contribution is 6.30. The maximum absolute atomic E-state index is 13.0. The molecule has 4 N–H and O–H groups in total. The third-order valence-corrected chi connectivity index (χ3v) is 3.05. The number of carbonyl (C=O) groups is 1. The van der Waals surface area contributed by atoms with E-state index in [9.17, 15) is 9.18 Å². The van der Waals surface area contributed by atoms with Gasteiger partial charge in [0.15, 0.2) is 0 Å². The van der Waals surface area contributed by atoms with Crippen molar-refractivity contribution in [3.05, 3.63) is 58.4 Å². The molecular formula is C14H12ClFN2O2. The van der Waals surface area contributed by atoms with E-state index in [4.69, 9.17) is 22.4 Å². The number of halogens is 2. The minimum Gasteiger partial charge on any atom is -0.478 e. The maximum Gasteiger partial charge on any atom is 0.337 e. The lowest BCUT2D eigenvalue weighted by Gasteiger charge is -2.09. The summed E-state index contributed by atoms with van der Waals surface area (Å²) in [6, 6.07) is 9.01. The molecular weight excluding hydrogens is 283 g/mol. The van der Waals surface area contributed by atoms with E-state index in [1.54, 1.807) is 12.1 Å². The van der Waals surface area contributed by atoms with Gasteiger partial charge in [0, 0.05) is 17.9 Å². The molecule has 0 heterocycles. The third-order valence-electron chi connectivity index (χ3n) is 2.76. The van der Waals surface area contributed by atoms with Crippen molar-refractivity contribution in [1.29, 1.82) is 0 Å². The van der Waals surface area contributed by atoms with Gasteiger partial charge in [0.1, 0.15) is 5.82 Å². The highest BCUT2D eigenvalue weighted by atomic mass is 35.5. The topological polar surface area (TPSA) is 75.3 Å². The molecule has 2 rings (SSSR count). The van der Waals surface area contributed by atoms with Crippen molar-refractivity contribution in [1.82, 2.24) is 0 Å². The summed E-state index contributed by atoms with van der Waals surface area (Å²) in [6.45, 7) is 0.422. The summed E-state index contributed by atoms with van der Waals surface area (Å²) in [7, 11) is 0. The van der Waals surface area contributed by atoms with E-state index in [0.29, 0.717) is 12.2 Å². The molecule has 0 bridgehead atoms. The van der Waals surface area contributed by atoms with Gasteiger partial charge in [-0.05, 0) is 35.9 Å². The molecule has 0 spiro atoms. The molecule has 0 amide bonds. The van der Waals surface area contributed by atoms with Crippen LogP contribution in [-0.2, 0) is 6.54 Å². The first-order valence-electron chi connectivity index (χ1n) is 5.78. The van der Waals surface area contributed by atoms with Crippen LogP contribution in [-0.4, -0.2) is 11.1 Å². The second-order valence-electron chi connectivity index (χ2n) is 4.21. The Balaban J connectivity index is 2.09. The third kappa shape index (κ3) is 3.19. The summed E-state index contributed by atoms with van der Waals surface area (Å²) in [6.07, 6.45) is 0. The number of benzene rings is 2. The van der Waals surface area contributed by atoms with Gasteiger partial charge in [-0.3, -0.25) is 0 Å². The van der Waals surface area contributed by atoms with Crippen LogP contribution in [0.25, 0.3) is 0 Å². The molecule has 6 heteroatoms. The Morgan fingerprint density at radius 2 is 2.05 bits per heavy atom. The van der Waals surface area contributed by atoms with Crippen LogP contribution in [0.1, 0.15) is 15.9 Å². The molecule has 0 atom stereocenters. The molecule has 2 aromatic rings. The fourth-order valence-corrected chi connectivity index (χ4v) is 1.92. The Kier molecular flexibility index (Phi) is 4.10. The zero-order valence-electron chi connectivity index (χ0n) is 10.4. The van der Waals surface area contributed by atoms with Crippen LogP contribution in [0, 0.1) is 5.82 Å². The van der Waals surface area contributed by atoms with Gasteiger partial charge in [-0.2, -0.15) is 0 Å². The molecule has 2 aromatic carbocycles. The molecule has 0 saturated heterocycles. The normalized spacial score (nSPS) is 10.3. The monoisotopic (exact) mass is 294 g/mol. The molecule has 0 fully saturated rings. The highest BCUT2D eigenvalue weighted by Gasteiger charge is 2.08. The second kappa shape index (κ2) is 5.79. The molecule has 0 aliphatic heterocycles. The first kappa shape index (κ1) is 14.1. The number of nitrogens with one attached hydrogen (secondary N) is 1. The van der Waals surface area contributed by atoms with Crippen LogP contribution >= 0.6 is 11.6 Å². The number of anilines is 2. The van der Waals surface area contributed by atoms with Gasteiger partial charge in [0.25, 0.3) is 0 Å². The SMILES string of the molecule is Nc1cc(NCc2ccc(F)c(Cl)c2)ccc1C(=O)O. The number of hydrogen-bond acceptors (Lipinski definition) is 3. The lowest BCUT2D eigenvalue weighted by atomic mass is 10.1. The van der Waals surface area contributed by atoms with Crippen molar-refractivity contribution < 1.29 is 14.3 Å². The first-order valence-corrected chi connectivity index (χ1v) is 6.16. The zero-order valence-corrected chi connectivity index (χ0v) is 11.1. The van der Waals surface area contributed by atoms with Crippen LogP contribution < -0.4 is 11.1 Å². The predicted molar refractivity (Wildman–Crippen MR) is 76.6 cm³/mol. The minimum absolute atomic E-state index is 0.0559. The summed E-state index contributed by atoms with van der Waals surface area (Å²) in [4.78, 5) is 10.8. The van der Waals surface area contributed by atoms with Crippen LogP contribution in [0.2, 0.25) is 5.02 Å². The van der Waals surface area contributed by atoms with Crippen molar-refractivity contribution in [2.45, 2.75) is 6.54 Å². The van der Waals surface area contributed by atoms with Crippen molar-refractivity contribution in [3.63, 3.8) is 0 Å². The fraction of sp³-hybridized carbons (Fsp3) is 0.0714. The van der Waals surface area contributed by atoms with E-state index in [2.05, 4.69) is 5.32 Å². The molecule has 20 heavy (non-hydrogen) atoms. The molecule has 4 nitrogen and oxygen atoms in total. The van der Waals surface area contributed by atoms with Crippen molar-refractivity contribution in [2.24, 2.45) is 0 Å². The first-order chi connectivity index (χ1) is 9.47. The Bertz CT molecular complexity index is 662. The molecule has 104 valence electrons. The molecule has 0 saturated carbocycles. The van der Waals surface area contributed by atoms with Crippen molar-refractivity contribution in [2.75, 3.05) is 11.1 Å². The lowest BCUT2D eigenvalue weighted by molar-refractivity contribution is 0.0698. The number of carboxylic acids is 1. The van der Waals surface area contributed by atoms with E-state index in [1.165, 1.54) is 24.3 Å².